The number of ether oxygens (including phenoxy) is 1. The van der Waals surface area contributed by atoms with Gasteiger partial charge >= 0.3 is 5.97 Å². The number of nitrogens with one attached hydrogen (secondary N) is 1. The first-order chi connectivity index (χ1) is 7.72. The van der Waals surface area contributed by atoms with Crippen LogP contribution in [0.4, 0.5) is 0 Å². The molecule has 1 fully saturated rings. The van der Waals surface area contributed by atoms with Gasteiger partial charge in [0.15, 0.2) is 0 Å². The number of carbonyl (C=O) groups excluding carboxylic acids is 1. The molecule has 1 aliphatic heterocycles. The van der Waals surface area contributed by atoms with Gasteiger partial charge in [0.05, 0.1) is 6.61 Å². The molecule has 1 aliphatic rings. The zero-order valence-electron chi connectivity index (χ0n) is 10.5. The molecule has 0 amide bonds. The molecule has 0 aliphatic carbocycles. The standard InChI is InChI=1S/C12H24N2O2/c1-3-16-12(15)5-4-8-13-11-6-9-14(2)10-7-11/h11,13H,3-10H2,1-2H3. The number of nitrogens with zero attached hydrogens (tertiary/aromatic N) is 1. The van der Waals surface area contributed by atoms with Crippen molar-refractivity contribution in [2.24, 2.45) is 0 Å². The Morgan fingerprint density at radius 2 is 2.12 bits per heavy atom. The topological polar surface area (TPSA) is 41.6 Å². The number of piperidine rings is 1. The Labute approximate surface area is 98.3 Å². The van der Waals surface area contributed by atoms with E-state index in [-0.39, 0.29) is 5.97 Å². The second-order valence-corrected chi connectivity index (χ2v) is 4.44. The minimum absolute atomic E-state index is 0.0762. The van der Waals surface area contributed by atoms with Crippen LogP contribution < -0.4 is 5.32 Å². The lowest BCUT2D eigenvalue weighted by molar-refractivity contribution is -0.143. The fourth-order valence-electron chi connectivity index (χ4n) is 1.98. The molecule has 1 N–H and O–H groups in total. The Morgan fingerprint density at radius 1 is 1.44 bits per heavy atom. The quantitative estimate of drug-likeness (QED) is 0.544. The van der Waals surface area contributed by atoms with Gasteiger partial charge in [-0.15, -0.1) is 0 Å². The molecule has 0 unspecified atom stereocenters. The molecule has 16 heavy (non-hydrogen) atoms. The number of esters is 1. The van der Waals surface area contributed by atoms with Crippen LogP contribution in [-0.4, -0.2) is 50.2 Å². The van der Waals surface area contributed by atoms with Crippen molar-refractivity contribution in [3.63, 3.8) is 0 Å². The number of rotatable bonds is 6. The second kappa shape index (κ2) is 7.63. The highest BCUT2D eigenvalue weighted by Gasteiger charge is 2.15. The molecule has 0 aromatic heterocycles. The van der Waals surface area contributed by atoms with E-state index in [4.69, 9.17) is 4.74 Å². The maximum atomic E-state index is 11.1. The summed E-state index contributed by atoms with van der Waals surface area (Å²) in [5.41, 5.74) is 0. The van der Waals surface area contributed by atoms with Crippen LogP contribution in [0.3, 0.4) is 0 Å². The number of hydrogen-bond acceptors (Lipinski definition) is 4. The largest absolute Gasteiger partial charge is 0.466 e. The first kappa shape index (κ1) is 13.5. The molecule has 0 aromatic rings. The van der Waals surface area contributed by atoms with Crippen LogP contribution >= 0.6 is 0 Å². The Kier molecular flexibility index (Phi) is 6.42. The number of carbonyl (C=O) groups is 1. The number of likely N-dealkylation sites (tertiary alicyclic amines) is 1. The first-order valence-corrected chi connectivity index (χ1v) is 6.30. The molecule has 0 spiro atoms. The zero-order valence-corrected chi connectivity index (χ0v) is 10.5. The highest BCUT2D eigenvalue weighted by atomic mass is 16.5. The van der Waals surface area contributed by atoms with E-state index in [1.807, 2.05) is 6.92 Å². The van der Waals surface area contributed by atoms with Crippen LogP contribution in [0.15, 0.2) is 0 Å². The third kappa shape index (κ3) is 5.47. The first-order valence-electron chi connectivity index (χ1n) is 6.30. The third-order valence-electron chi connectivity index (χ3n) is 3.01. The van der Waals surface area contributed by atoms with Crippen LogP contribution in [-0.2, 0) is 9.53 Å². The van der Waals surface area contributed by atoms with Crippen molar-refractivity contribution in [1.82, 2.24) is 10.2 Å². The van der Waals surface area contributed by atoms with E-state index >= 15 is 0 Å². The van der Waals surface area contributed by atoms with Crippen LogP contribution in [0, 0.1) is 0 Å². The Bertz CT molecular complexity index is 201. The summed E-state index contributed by atoms with van der Waals surface area (Å²) in [6, 6.07) is 0.637. The molecule has 0 saturated carbocycles. The summed E-state index contributed by atoms with van der Waals surface area (Å²) in [4.78, 5) is 13.4. The summed E-state index contributed by atoms with van der Waals surface area (Å²) in [7, 11) is 2.16. The van der Waals surface area contributed by atoms with Gasteiger partial charge in [0.2, 0.25) is 0 Å². The zero-order chi connectivity index (χ0) is 11.8. The van der Waals surface area contributed by atoms with E-state index < -0.39 is 0 Å². The predicted octanol–water partition coefficient (Wildman–Crippen LogP) is 1.01. The van der Waals surface area contributed by atoms with Crippen LogP contribution in [0.1, 0.15) is 32.6 Å². The average Bonchev–Trinajstić information content (AvgIpc) is 2.27. The van der Waals surface area contributed by atoms with E-state index in [2.05, 4.69) is 17.3 Å². The lowest BCUT2D eigenvalue weighted by Gasteiger charge is -2.29. The molecule has 1 rings (SSSR count). The highest BCUT2D eigenvalue weighted by Crippen LogP contribution is 2.08. The van der Waals surface area contributed by atoms with E-state index in [1.54, 1.807) is 0 Å². The smallest absolute Gasteiger partial charge is 0.305 e. The molecule has 0 bridgehead atoms. The summed E-state index contributed by atoms with van der Waals surface area (Å²) in [5, 5.41) is 3.51. The van der Waals surface area contributed by atoms with Crippen LogP contribution in [0.5, 0.6) is 0 Å². The summed E-state index contributed by atoms with van der Waals surface area (Å²) in [6.45, 7) is 5.61. The maximum Gasteiger partial charge on any atom is 0.305 e. The molecule has 4 heteroatoms. The molecule has 0 aromatic carbocycles. The Morgan fingerprint density at radius 3 is 2.75 bits per heavy atom. The molecule has 1 saturated heterocycles. The summed E-state index contributed by atoms with van der Waals surface area (Å²) in [6.07, 6.45) is 3.85. The lowest BCUT2D eigenvalue weighted by atomic mass is 10.1. The molecule has 0 atom stereocenters. The summed E-state index contributed by atoms with van der Waals surface area (Å²) in [5.74, 6) is -0.0762. The van der Waals surface area contributed by atoms with Crippen LogP contribution in [0.2, 0.25) is 0 Å². The second-order valence-electron chi connectivity index (χ2n) is 4.44. The lowest BCUT2D eigenvalue weighted by Crippen LogP contribution is -2.41. The molecular formula is C12H24N2O2. The maximum absolute atomic E-state index is 11.1. The third-order valence-corrected chi connectivity index (χ3v) is 3.01. The van der Waals surface area contributed by atoms with E-state index in [0.717, 1.165) is 13.0 Å². The van der Waals surface area contributed by atoms with Gasteiger partial charge in [-0.2, -0.15) is 0 Å². The minimum atomic E-state index is -0.0762. The Hall–Kier alpha value is -0.610. The van der Waals surface area contributed by atoms with Crippen molar-refractivity contribution in [2.45, 2.75) is 38.6 Å². The fraction of sp³-hybridized carbons (Fsp3) is 0.917. The van der Waals surface area contributed by atoms with Gasteiger partial charge in [-0.1, -0.05) is 0 Å². The summed E-state index contributed by atoms with van der Waals surface area (Å²) < 4.78 is 4.87. The van der Waals surface area contributed by atoms with Crippen molar-refractivity contribution >= 4 is 5.97 Å². The number of hydrogen-bond donors (Lipinski definition) is 1. The van der Waals surface area contributed by atoms with E-state index in [1.165, 1.54) is 25.9 Å². The van der Waals surface area contributed by atoms with Crippen molar-refractivity contribution in [2.75, 3.05) is 33.3 Å². The molecule has 4 nitrogen and oxygen atoms in total. The van der Waals surface area contributed by atoms with Crippen molar-refractivity contribution in [3.8, 4) is 0 Å². The van der Waals surface area contributed by atoms with E-state index in [0.29, 0.717) is 19.1 Å². The molecule has 0 radical (unpaired) electrons. The van der Waals surface area contributed by atoms with Gasteiger partial charge in [-0.05, 0) is 52.9 Å². The Balaban J connectivity index is 1.97. The molecule has 1 heterocycles. The highest BCUT2D eigenvalue weighted by molar-refractivity contribution is 5.69. The van der Waals surface area contributed by atoms with Crippen molar-refractivity contribution in [3.05, 3.63) is 0 Å². The van der Waals surface area contributed by atoms with Gasteiger partial charge < -0.3 is 15.0 Å². The van der Waals surface area contributed by atoms with Gasteiger partial charge in [-0.3, -0.25) is 4.79 Å². The minimum Gasteiger partial charge on any atom is -0.466 e. The van der Waals surface area contributed by atoms with Gasteiger partial charge in [-0.25, -0.2) is 0 Å². The van der Waals surface area contributed by atoms with Gasteiger partial charge in [0.25, 0.3) is 0 Å². The molecular weight excluding hydrogens is 204 g/mol. The van der Waals surface area contributed by atoms with E-state index in [9.17, 15) is 4.79 Å². The van der Waals surface area contributed by atoms with Crippen molar-refractivity contribution in [1.29, 1.82) is 0 Å². The predicted molar refractivity (Wildman–Crippen MR) is 64.4 cm³/mol. The van der Waals surface area contributed by atoms with Gasteiger partial charge in [0, 0.05) is 12.5 Å². The van der Waals surface area contributed by atoms with Gasteiger partial charge in [0.1, 0.15) is 0 Å². The normalized spacial score (nSPS) is 18.6. The fourth-order valence-corrected chi connectivity index (χ4v) is 1.98. The summed E-state index contributed by atoms with van der Waals surface area (Å²) >= 11 is 0. The van der Waals surface area contributed by atoms with Crippen molar-refractivity contribution < 1.29 is 9.53 Å². The van der Waals surface area contributed by atoms with Crippen LogP contribution in [0.25, 0.3) is 0 Å². The molecule has 94 valence electrons. The monoisotopic (exact) mass is 228 g/mol. The average molecular weight is 228 g/mol. The SMILES string of the molecule is CCOC(=O)CCCNC1CCN(C)CC1.